The maximum atomic E-state index is 13.4. The lowest BCUT2D eigenvalue weighted by Crippen LogP contribution is -2.52. The molecule has 2 aliphatic rings. The van der Waals surface area contributed by atoms with Crippen LogP contribution >= 0.6 is 0 Å². The molecule has 2 heterocycles. The van der Waals surface area contributed by atoms with Crippen molar-refractivity contribution in [3.63, 3.8) is 0 Å². The number of Topliss-reactive ketones (excluding diaryl/α,β-unsaturated/α-hetero) is 1. The van der Waals surface area contributed by atoms with Crippen LogP contribution in [0.2, 0.25) is 0 Å². The van der Waals surface area contributed by atoms with Crippen molar-refractivity contribution in [2.45, 2.75) is 37.8 Å². The number of rotatable bonds is 5. The van der Waals surface area contributed by atoms with Crippen LogP contribution in [0, 0.1) is 11.8 Å². The lowest BCUT2D eigenvalue weighted by molar-refractivity contribution is -0.143. The number of aliphatic carboxylic acids is 1. The Labute approximate surface area is 207 Å². The molecule has 9 heteroatoms. The number of carboxylic acids is 1. The van der Waals surface area contributed by atoms with Gasteiger partial charge in [0, 0.05) is 44.1 Å². The van der Waals surface area contributed by atoms with Crippen molar-refractivity contribution < 1.29 is 32.7 Å². The van der Waals surface area contributed by atoms with Crippen LogP contribution in [0.1, 0.15) is 53.1 Å². The SMILES string of the molecule is O=C(CC1CC(c2ccc(C(F)(F)F)cc2)CN(C(=O)N2CCC(C(=O)O)CC2)C1)c1ccccc1. The molecule has 0 aliphatic carbocycles. The highest BCUT2D eigenvalue weighted by atomic mass is 19.4. The number of carbonyl (C=O) groups excluding carboxylic acids is 2. The maximum absolute atomic E-state index is 13.4. The number of amides is 2. The molecule has 2 amide bonds. The first kappa shape index (κ1) is 25.7. The van der Waals surface area contributed by atoms with Gasteiger partial charge in [-0.15, -0.1) is 0 Å². The molecule has 2 atom stereocenters. The molecule has 0 bridgehead atoms. The monoisotopic (exact) mass is 502 g/mol. The standard InChI is InChI=1S/C27H29F3N2O4/c28-27(29,30)23-8-6-19(7-9-23)22-14-18(15-24(33)20-4-2-1-3-5-20)16-32(17-22)26(36)31-12-10-21(11-13-31)25(34)35/h1-9,18,21-22H,10-17H2,(H,34,35). The quantitative estimate of drug-likeness (QED) is 0.563. The van der Waals surface area contributed by atoms with Gasteiger partial charge in [0.2, 0.25) is 0 Å². The van der Waals surface area contributed by atoms with Gasteiger partial charge in [0.05, 0.1) is 11.5 Å². The topological polar surface area (TPSA) is 77.9 Å². The fourth-order valence-corrected chi connectivity index (χ4v) is 5.22. The van der Waals surface area contributed by atoms with E-state index >= 15 is 0 Å². The van der Waals surface area contributed by atoms with E-state index in [0.717, 1.165) is 12.1 Å². The summed E-state index contributed by atoms with van der Waals surface area (Å²) in [7, 11) is 0. The number of benzene rings is 2. The fourth-order valence-electron chi connectivity index (χ4n) is 5.22. The minimum absolute atomic E-state index is 0.0386. The minimum atomic E-state index is -4.43. The van der Waals surface area contributed by atoms with Crippen LogP contribution in [0.15, 0.2) is 54.6 Å². The van der Waals surface area contributed by atoms with E-state index in [1.807, 2.05) is 6.07 Å². The van der Waals surface area contributed by atoms with E-state index in [1.165, 1.54) is 12.1 Å². The van der Waals surface area contributed by atoms with Gasteiger partial charge in [0.1, 0.15) is 0 Å². The van der Waals surface area contributed by atoms with Crippen LogP contribution in [0.4, 0.5) is 18.0 Å². The maximum Gasteiger partial charge on any atom is 0.416 e. The molecule has 0 aromatic heterocycles. The van der Waals surface area contributed by atoms with Crippen LogP contribution in [-0.2, 0) is 11.0 Å². The second-order valence-electron chi connectivity index (χ2n) is 9.70. The number of piperidine rings is 2. The average molecular weight is 503 g/mol. The summed E-state index contributed by atoms with van der Waals surface area (Å²) >= 11 is 0. The van der Waals surface area contributed by atoms with Gasteiger partial charge < -0.3 is 14.9 Å². The third kappa shape index (κ3) is 6.06. The van der Waals surface area contributed by atoms with Crippen molar-refractivity contribution in [3.8, 4) is 0 Å². The van der Waals surface area contributed by atoms with Gasteiger partial charge in [0.15, 0.2) is 5.78 Å². The highest BCUT2D eigenvalue weighted by Crippen LogP contribution is 2.36. The van der Waals surface area contributed by atoms with E-state index in [1.54, 1.807) is 34.1 Å². The summed E-state index contributed by atoms with van der Waals surface area (Å²) in [6.07, 6.45) is -2.86. The molecular formula is C27H29F3N2O4. The molecule has 36 heavy (non-hydrogen) atoms. The number of hydrogen-bond acceptors (Lipinski definition) is 3. The smallest absolute Gasteiger partial charge is 0.416 e. The first-order valence-electron chi connectivity index (χ1n) is 12.1. The number of likely N-dealkylation sites (tertiary alicyclic amines) is 2. The molecule has 2 aliphatic heterocycles. The highest BCUT2D eigenvalue weighted by molar-refractivity contribution is 5.96. The van der Waals surface area contributed by atoms with Crippen LogP contribution in [-0.4, -0.2) is 58.9 Å². The van der Waals surface area contributed by atoms with Gasteiger partial charge in [-0.05, 0) is 42.9 Å². The van der Waals surface area contributed by atoms with Crippen molar-refractivity contribution in [2.75, 3.05) is 26.2 Å². The predicted octanol–water partition coefficient (Wildman–Crippen LogP) is 5.30. The van der Waals surface area contributed by atoms with E-state index in [-0.39, 0.29) is 30.1 Å². The molecule has 2 fully saturated rings. The molecule has 0 radical (unpaired) electrons. The van der Waals surface area contributed by atoms with Crippen molar-refractivity contribution in [3.05, 3.63) is 71.3 Å². The molecule has 192 valence electrons. The van der Waals surface area contributed by atoms with Crippen molar-refractivity contribution >= 4 is 17.8 Å². The summed E-state index contributed by atoms with van der Waals surface area (Å²) < 4.78 is 39.1. The Balaban J connectivity index is 1.51. The van der Waals surface area contributed by atoms with Gasteiger partial charge in [-0.2, -0.15) is 13.2 Å². The van der Waals surface area contributed by atoms with Crippen molar-refractivity contribution in [1.29, 1.82) is 0 Å². The van der Waals surface area contributed by atoms with Gasteiger partial charge in [-0.1, -0.05) is 42.5 Å². The molecule has 4 rings (SSSR count). The summed E-state index contributed by atoms with van der Waals surface area (Å²) in [6.45, 7) is 1.38. The molecule has 2 unspecified atom stereocenters. The van der Waals surface area contributed by atoms with Gasteiger partial charge in [0.25, 0.3) is 0 Å². The molecule has 0 saturated carbocycles. The van der Waals surface area contributed by atoms with Gasteiger partial charge >= 0.3 is 18.2 Å². The Kier molecular flexibility index (Phi) is 7.66. The zero-order valence-corrected chi connectivity index (χ0v) is 19.8. The zero-order chi connectivity index (χ0) is 25.9. The molecule has 6 nitrogen and oxygen atoms in total. The van der Waals surface area contributed by atoms with E-state index in [4.69, 9.17) is 0 Å². The number of carboxylic acid groups (broad SMARTS) is 1. The van der Waals surface area contributed by atoms with Crippen LogP contribution in [0.5, 0.6) is 0 Å². The average Bonchev–Trinajstić information content (AvgIpc) is 2.88. The third-order valence-electron chi connectivity index (χ3n) is 7.20. The number of alkyl halides is 3. The Bertz CT molecular complexity index is 1080. The lowest BCUT2D eigenvalue weighted by Gasteiger charge is -2.41. The summed E-state index contributed by atoms with van der Waals surface area (Å²) in [4.78, 5) is 40.8. The Hall–Kier alpha value is -3.36. The zero-order valence-electron chi connectivity index (χ0n) is 19.8. The van der Waals surface area contributed by atoms with E-state index in [2.05, 4.69) is 0 Å². The number of ketones is 1. The van der Waals surface area contributed by atoms with E-state index in [0.29, 0.717) is 56.6 Å². The van der Waals surface area contributed by atoms with Gasteiger partial charge in [-0.3, -0.25) is 9.59 Å². The Morgan fingerprint density at radius 3 is 2.11 bits per heavy atom. The minimum Gasteiger partial charge on any atom is -0.481 e. The van der Waals surface area contributed by atoms with Crippen LogP contribution in [0.3, 0.4) is 0 Å². The van der Waals surface area contributed by atoms with Gasteiger partial charge in [-0.25, -0.2) is 4.79 Å². The summed E-state index contributed by atoms with van der Waals surface area (Å²) in [6, 6.07) is 13.7. The fraction of sp³-hybridized carbons (Fsp3) is 0.444. The highest BCUT2D eigenvalue weighted by Gasteiger charge is 2.36. The number of carbonyl (C=O) groups is 3. The summed E-state index contributed by atoms with van der Waals surface area (Å²) in [5.74, 6) is -1.73. The first-order chi connectivity index (χ1) is 17.1. The number of urea groups is 1. The number of nitrogens with zero attached hydrogens (tertiary/aromatic N) is 2. The first-order valence-corrected chi connectivity index (χ1v) is 12.1. The molecule has 2 saturated heterocycles. The third-order valence-corrected chi connectivity index (χ3v) is 7.20. The molecular weight excluding hydrogens is 473 g/mol. The van der Waals surface area contributed by atoms with Crippen molar-refractivity contribution in [2.24, 2.45) is 11.8 Å². The Morgan fingerprint density at radius 1 is 0.889 bits per heavy atom. The summed E-state index contributed by atoms with van der Waals surface area (Å²) in [5, 5.41) is 9.24. The second-order valence-corrected chi connectivity index (χ2v) is 9.70. The lowest BCUT2D eigenvalue weighted by atomic mass is 9.81. The second kappa shape index (κ2) is 10.7. The normalized spacial score (nSPS) is 21.3. The largest absolute Gasteiger partial charge is 0.481 e. The molecule has 2 aromatic carbocycles. The Morgan fingerprint density at radius 2 is 1.53 bits per heavy atom. The number of hydrogen-bond donors (Lipinski definition) is 1. The number of halogens is 3. The van der Waals surface area contributed by atoms with E-state index < -0.39 is 23.6 Å². The molecule has 0 spiro atoms. The summed E-state index contributed by atoms with van der Waals surface area (Å²) in [5.41, 5.74) is 0.553. The van der Waals surface area contributed by atoms with Crippen molar-refractivity contribution in [1.82, 2.24) is 9.80 Å². The van der Waals surface area contributed by atoms with Crippen LogP contribution in [0.25, 0.3) is 0 Å². The molecule has 1 N–H and O–H groups in total. The van der Waals surface area contributed by atoms with E-state index in [9.17, 15) is 32.7 Å². The van der Waals surface area contributed by atoms with Crippen LogP contribution < -0.4 is 0 Å². The predicted molar refractivity (Wildman–Crippen MR) is 127 cm³/mol. The molecule has 2 aromatic rings.